The summed E-state index contributed by atoms with van der Waals surface area (Å²) in [4.78, 5) is 28.3. The number of hydrogen-bond acceptors (Lipinski definition) is 5. The molecule has 0 bridgehead atoms. The number of amides is 2. The fourth-order valence-corrected chi connectivity index (χ4v) is 5.63. The summed E-state index contributed by atoms with van der Waals surface area (Å²) in [5, 5.41) is 2.84. The topological polar surface area (TPSA) is 81.0 Å². The maximum atomic E-state index is 13.8. The van der Waals surface area contributed by atoms with Gasteiger partial charge in [0.2, 0.25) is 0 Å². The molecule has 174 valence electrons. The number of fused-ring (bicyclic) bond motifs is 3. The van der Waals surface area contributed by atoms with E-state index in [0.29, 0.717) is 37.6 Å². The molecule has 1 fully saturated rings. The largest absolute Gasteiger partial charge is 0.486 e. The number of anilines is 1. The number of furan rings is 1. The zero-order chi connectivity index (χ0) is 23.1. The van der Waals surface area contributed by atoms with Crippen molar-refractivity contribution in [3.05, 3.63) is 77.2 Å². The standard InChI is InChI=1S/C27H26N2O5/c30-25(22-8-5-11-32-22)28-21-7-2-1-6-19(21)26(31)29-16-18-14-23-24(34-13-12-33-23)15-20(18)27(17-29)9-3-4-10-27/h1-2,5-8,11,14-15H,3-4,9-10,12-13,16-17H2,(H,28,30). The zero-order valence-electron chi connectivity index (χ0n) is 18.8. The summed E-state index contributed by atoms with van der Waals surface area (Å²) >= 11 is 0. The minimum Gasteiger partial charge on any atom is -0.486 e. The number of nitrogens with one attached hydrogen (secondary N) is 1. The van der Waals surface area contributed by atoms with E-state index in [4.69, 9.17) is 13.9 Å². The molecule has 34 heavy (non-hydrogen) atoms. The summed E-state index contributed by atoms with van der Waals surface area (Å²) in [7, 11) is 0. The zero-order valence-corrected chi connectivity index (χ0v) is 18.8. The smallest absolute Gasteiger partial charge is 0.291 e. The number of benzene rings is 2. The van der Waals surface area contributed by atoms with Gasteiger partial charge in [-0.05, 0) is 60.4 Å². The van der Waals surface area contributed by atoms with E-state index in [1.807, 2.05) is 23.1 Å². The van der Waals surface area contributed by atoms with Gasteiger partial charge in [0.1, 0.15) is 13.2 Å². The molecule has 1 aliphatic carbocycles. The van der Waals surface area contributed by atoms with Crippen molar-refractivity contribution in [2.75, 3.05) is 25.1 Å². The quantitative estimate of drug-likeness (QED) is 0.612. The third-order valence-electron chi connectivity index (χ3n) is 7.19. The van der Waals surface area contributed by atoms with Gasteiger partial charge in [0.25, 0.3) is 11.8 Å². The highest BCUT2D eigenvalue weighted by Gasteiger charge is 2.44. The molecule has 0 saturated heterocycles. The van der Waals surface area contributed by atoms with E-state index in [-0.39, 0.29) is 23.0 Å². The average Bonchev–Trinajstić information content (AvgIpc) is 3.56. The van der Waals surface area contributed by atoms with Crippen LogP contribution in [0.15, 0.2) is 59.2 Å². The Kier molecular flexibility index (Phi) is 5.05. The molecule has 1 aromatic heterocycles. The number of nitrogens with zero attached hydrogens (tertiary/aromatic N) is 1. The van der Waals surface area contributed by atoms with Crippen LogP contribution in [0.4, 0.5) is 5.69 Å². The third-order valence-corrected chi connectivity index (χ3v) is 7.19. The molecule has 7 nitrogen and oxygen atoms in total. The maximum Gasteiger partial charge on any atom is 0.291 e. The highest BCUT2D eigenvalue weighted by molar-refractivity contribution is 6.08. The van der Waals surface area contributed by atoms with Gasteiger partial charge in [-0.15, -0.1) is 0 Å². The van der Waals surface area contributed by atoms with Crippen LogP contribution in [-0.4, -0.2) is 36.5 Å². The van der Waals surface area contributed by atoms with Gasteiger partial charge < -0.3 is 24.1 Å². The molecular weight excluding hydrogens is 432 g/mol. The molecular formula is C27H26N2O5. The fourth-order valence-electron chi connectivity index (χ4n) is 5.63. The van der Waals surface area contributed by atoms with Crippen molar-refractivity contribution in [2.24, 2.45) is 0 Å². The molecule has 0 radical (unpaired) electrons. The molecule has 1 saturated carbocycles. The van der Waals surface area contributed by atoms with Crippen LogP contribution in [-0.2, 0) is 12.0 Å². The predicted octanol–water partition coefficient (Wildman–Crippen LogP) is 4.77. The van der Waals surface area contributed by atoms with Gasteiger partial charge in [-0.2, -0.15) is 0 Å². The second kappa shape index (κ2) is 8.24. The van der Waals surface area contributed by atoms with E-state index in [0.717, 1.165) is 42.7 Å². The van der Waals surface area contributed by atoms with Crippen molar-refractivity contribution in [3.8, 4) is 11.5 Å². The Morgan fingerprint density at radius 1 is 0.941 bits per heavy atom. The minimum atomic E-state index is -0.384. The first kappa shape index (κ1) is 20.8. The van der Waals surface area contributed by atoms with Gasteiger partial charge in [-0.1, -0.05) is 25.0 Å². The molecule has 7 heteroatoms. The Balaban J connectivity index is 1.33. The van der Waals surface area contributed by atoms with Crippen LogP contribution in [0.25, 0.3) is 0 Å². The number of carbonyl (C=O) groups excluding carboxylic acids is 2. The Morgan fingerprint density at radius 2 is 1.71 bits per heavy atom. The number of rotatable bonds is 3. The summed E-state index contributed by atoms with van der Waals surface area (Å²) in [5.74, 6) is 1.28. The Bertz CT molecular complexity index is 1240. The highest BCUT2D eigenvalue weighted by Crippen LogP contribution is 2.49. The van der Waals surface area contributed by atoms with E-state index in [9.17, 15) is 9.59 Å². The van der Waals surface area contributed by atoms with Crippen LogP contribution in [0.3, 0.4) is 0 Å². The summed E-state index contributed by atoms with van der Waals surface area (Å²) in [6.07, 6.45) is 5.82. The lowest BCUT2D eigenvalue weighted by atomic mass is 9.73. The normalized spacial score (nSPS) is 17.9. The lowest BCUT2D eigenvalue weighted by molar-refractivity contribution is 0.0670. The van der Waals surface area contributed by atoms with E-state index in [1.54, 1.807) is 24.3 Å². The first-order valence-corrected chi connectivity index (χ1v) is 11.8. The number of carbonyl (C=O) groups is 2. The van der Waals surface area contributed by atoms with Crippen LogP contribution >= 0.6 is 0 Å². The molecule has 1 spiro atoms. The first-order valence-electron chi connectivity index (χ1n) is 11.8. The van der Waals surface area contributed by atoms with Gasteiger partial charge in [-0.25, -0.2) is 0 Å². The number of ether oxygens (including phenoxy) is 2. The predicted molar refractivity (Wildman–Crippen MR) is 125 cm³/mol. The monoisotopic (exact) mass is 458 g/mol. The van der Waals surface area contributed by atoms with Crippen LogP contribution in [0.1, 0.15) is 57.7 Å². The van der Waals surface area contributed by atoms with Gasteiger partial charge in [-0.3, -0.25) is 9.59 Å². The van der Waals surface area contributed by atoms with Crippen molar-refractivity contribution in [3.63, 3.8) is 0 Å². The van der Waals surface area contributed by atoms with Crippen molar-refractivity contribution < 1.29 is 23.5 Å². The highest BCUT2D eigenvalue weighted by atomic mass is 16.6. The Labute approximate surface area is 197 Å². The van der Waals surface area contributed by atoms with Crippen molar-refractivity contribution in [1.29, 1.82) is 0 Å². The molecule has 3 heterocycles. The molecule has 3 aliphatic rings. The minimum absolute atomic E-state index is 0.0779. The van der Waals surface area contributed by atoms with Crippen LogP contribution < -0.4 is 14.8 Å². The second-order valence-electron chi connectivity index (χ2n) is 9.28. The molecule has 0 unspecified atom stereocenters. The molecule has 3 aromatic rings. The fraction of sp³-hybridized carbons (Fsp3) is 0.333. The van der Waals surface area contributed by atoms with Gasteiger partial charge in [0, 0.05) is 18.5 Å². The van der Waals surface area contributed by atoms with E-state index in [1.165, 1.54) is 11.8 Å². The van der Waals surface area contributed by atoms with Crippen molar-refractivity contribution >= 4 is 17.5 Å². The lowest BCUT2D eigenvalue weighted by Crippen LogP contribution is -2.47. The lowest BCUT2D eigenvalue weighted by Gasteiger charge is -2.43. The van der Waals surface area contributed by atoms with Gasteiger partial charge in [0.05, 0.1) is 17.5 Å². The van der Waals surface area contributed by atoms with Crippen LogP contribution in [0, 0.1) is 0 Å². The van der Waals surface area contributed by atoms with Crippen molar-refractivity contribution in [2.45, 2.75) is 37.6 Å². The Hall–Kier alpha value is -3.74. The van der Waals surface area contributed by atoms with E-state index >= 15 is 0 Å². The molecule has 1 N–H and O–H groups in total. The summed E-state index contributed by atoms with van der Waals surface area (Å²) < 4.78 is 16.9. The molecule has 2 aromatic carbocycles. The average molecular weight is 459 g/mol. The number of para-hydroxylation sites is 1. The third kappa shape index (κ3) is 3.52. The molecule has 6 rings (SSSR count). The molecule has 2 aliphatic heterocycles. The summed E-state index contributed by atoms with van der Waals surface area (Å²) in [6, 6.07) is 14.6. The van der Waals surface area contributed by atoms with E-state index in [2.05, 4.69) is 11.4 Å². The molecule has 2 amide bonds. The van der Waals surface area contributed by atoms with Crippen LogP contribution in [0.2, 0.25) is 0 Å². The summed E-state index contributed by atoms with van der Waals surface area (Å²) in [6.45, 7) is 2.23. The first-order chi connectivity index (χ1) is 16.6. The SMILES string of the molecule is O=C(Nc1ccccc1C(=O)N1Cc2cc3c(cc2C2(CCCC2)C1)OCCO3)c1ccco1. The van der Waals surface area contributed by atoms with Crippen molar-refractivity contribution in [1.82, 2.24) is 4.90 Å². The Morgan fingerprint density at radius 3 is 2.47 bits per heavy atom. The number of hydrogen-bond donors (Lipinski definition) is 1. The second-order valence-corrected chi connectivity index (χ2v) is 9.28. The maximum absolute atomic E-state index is 13.8. The molecule has 0 atom stereocenters. The van der Waals surface area contributed by atoms with Gasteiger partial charge in [0.15, 0.2) is 17.3 Å². The van der Waals surface area contributed by atoms with E-state index < -0.39 is 0 Å². The van der Waals surface area contributed by atoms with Crippen LogP contribution in [0.5, 0.6) is 11.5 Å². The summed E-state index contributed by atoms with van der Waals surface area (Å²) in [5.41, 5.74) is 3.27. The van der Waals surface area contributed by atoms with Gasteiger partial charge >= 0.3 is 0 Å².